The number of nitrogens with zero attached hydrogens (tertiary/aromatic N) is 2. The average Bonchev–Trinajstić information content (AvgIpc) is 2.27. The zero-order chi connectivity index (χ0) is 12.8. The van der Waals surface area contributed by atoms with E-state index in [1.54, 1.807) is 0 Å². The van der Waals surface area contributed by atoms with Crippen molar-refractivity contribution in [3.8, 4) is 0 Å². The zero-order valence-electron chi connectivity index (χ0n) is 11.9. The Morgan fingerprint density at radius 1 is 1.06 bits per heavy atom. The van der Waals surface area contributed by atoms with E-state index in [-0.39, 0.29) is 0 Å². The molecule has 1 fully saturated rings. The van der Waals surface area contributed by atoms with Gasteiger partial charge in [0.1, 0.15) is 0 Å². The average molecular weight is 240 g/mol. The third kappa shape index (κ3) is 4.66. The van der Waals surface area contributed by atoms with E-state index in [1.807, 2.05) is 4.90 Å². The SMILES string of the molecule is CC(C)N(C(=O)CCN1CCCCC1)C(C)C. The Bertz CT molecular complexity index is 224. The predicted octanol–water partition coefficient (Wildman–Crippen LogP) is 2.51. The van der Waals surface area contributed by atoms with E-state index < -0.39 is 0 Å². The number of hydrogen-bond donors (Lipinski definition) is 0. The summed E-state index contributed by atoms with van der Waals surface area (Å²) in [6.07, 6.45) is 4.63. The first-order valence-electron chi connectivity index (χ1n) is 7.06. The van der Waals surface area contributed by atoms with Crippen LogP contribution in [-0.4, -0.2) is 47.4 Å². The second-order valence-corrected chi connectivity index (χ2v) is 5.64. The van der Waals surface area contributed by atoms with Crippen LogP contribution >= 0.6 is 0 Å². The van der Waals surface area contributed by atoms with Crippen LogP contribution in [0.25, 0.3) is 0 Å². The second-order valence-electron chi connectivity index (χ2n) is 5.64. The lowest BCUT2D eigenvalue weighted by Crippen LogP contribution is -2.43. The minimum atomic E-state index is 0.306. The number of rotatable bonds is 5. The normalized spacial score (nSPS) is 17.8. The Balaban J connectivity index is 2.36. The molecule has 0 aromatic heterocycles. The summed E-state index contributed by atoms with van der Waals surface area (Å²) in [4.78, 5) is 16.6. The zero-order valence-corrected chi connectivity index (χ0v) is 11.9. The summed E-state index contributed by atoms with van der Waals surface area (Å²) in [6.45, 7) is 11.7. The molecular weight excluding hydrogens is 212 g/mol. The Hall–Kier alpha value is -0.570. The van der Waals surface area contributed by atoms with Crippen molar-refractivity contribution in [3.63, 3.8) is 0 Å². The summed E-state index contributed by atoms with van der Waals surface area (Å²) >= 11 is 0. The summed E-state index contributed by atoms with van der Waals surface area (Å²) < 4.78 is 0. The molecule has 0 spiro atoms. The van der Waals surface area contributed by atoms with Crippen LogP contribution in [0.3, 0.4) is 0 Å². The summed E-state index contributed by atoms with van der Waals surface area (Å²) in [7, 11) is 0. The van der Waals surface area contributed by atoms with Gasteiger partial charge in [-0.15, -0.1) is 0 Å². The fourth-order valence-electron chi connectivity index (χ4n) is 2.74. The highest BCUT2D eigenvalue weighted by atomic mass is 16.2. The number of carbonyl (C=O) groups is 1. The van der Waals surface area contributed by atoms with E-state index >= 15 is 0 Å². The lowest BCUT2D eigenvalue weighted by molar-refractivity contribution is -0.135. The molecule has 100 valence electrons. The molecular formula is C14H28N2O. The molecule has 1 rings (SSSR count). The molecule has 1 aliphatic rings. The molecule has 3 heteroatoms. The molecule has 0 radical (unpaired) electrons. The quantitative estimate of drug-likeness (QED) is 0.737. The fraction of sp³-hybridized carbons (Fsp3) is 0.929. The van der Waals surface area contributed by atoms with Crippen LogP contribution < -0.4 is 0 Å². The van der Waals surface area contributed by atoms with Crippen LogP contribution in [0.4, 0.5) is 0 Å². The van der Waals surface area contributed by atoms with Crippen LogP contribution in [-0.2, 0) is 4.79 Å². The smallest absolute Gasteiger partial charge is 0.224 e. The van der Waals surface area contributed by atoms with Gasteiger partial charge in [-0.2, -0.15) is 0 Å². The first-order valence-corrected chi connectivity index (χ1v) is 7.06. The summed E-state index contributed by atoms with van der Waals surface area (Å²) in [5, 5.41) is 0. The minimum Gasteiger partial charge on any atom is -0.338 e. The maximum atomic E-state index is 12.2. The van der Waals surface area contributed by atoms with Gasteiger partial charge in [0.05, 0.1) is 0 Å². The van der Waals surface area contributed by atoms with Crippen LogP contribution in [0.5, 0.6) is 0 Å². The van der Waals surface area contributed by atoms with Gasteiger partial charge in [-0.25, -0.2) is 0 Å². The molecule has 0 aromatic rings. The van der Waals surface area contributed by atoms with Crippen molar-refractivity contribution in [2.75, 3.05) is 19.6 Å². The first-order chi connectivity index (χ1) is 8.02. The van der Waals surface area contributed by atoms with Gasteiger partial charge in [0.2, 0.25) is 5.91 Å². The Morgan fingerprint density at radius 3 is 2.06 bits per heavy atom. The lowest BCUT2D eigenvalue weighted by Gasteiger charge is -2.32. The fourth-order valence-corrected chi connectivity index (χ4v) is 2.74. The number of amides is 1. The van der Waals surface area contributed by atoms with Crippen molar-refractivity contribution in [3.05, 3.63) is 0 Å². The van der Waals surface area contributed by atoms with Crippen LogP contribution in [0.15, 0.2) is 0 Å². The topological polar surface area (TPSA) is 23.6 Å². The van der Waals surface area contributed by atoms with Crippen molar-refractivity contribution in [1.29, 1.82) is 0 Å². The number of hydrogen-bond acceptors (Lipinski definition) is 2. The molecule has 1 saturated heterocycles. The summed E-state index contributed by atoms with van der Waals surface area (Å²) in [5.41, 5.74) is 0. The summed E-state index contributed by atoms with van der Waals surface area (Å²) in [5.74, 6) is 0.306. The van der Waals surface area contributed by atoms with Gasteiger partial charge in [-0.3, -0.25) is 4.79 Å². The van der Waals surface area contributed by atoms with E-state index in [9.17, 15) is 4.79 Å². The van der Waals surface area contributed by atoms with Crippen molar-refractivity contribution >= 4 is 5.91 Å². The van der Waals surface area contributed by atoms with Gasteiger partial charge >= 0.3 is 0 Å². The second kappa shape index (κ2) is 7.00. The third-order valence-corrected chi connectivity index (χ3v) is 3.49. The van der Waals surface area contributed by atoms with Crippen molar-refractivity contribution in [1.82, 2.24) is 9.80 Å². The van der Waals surface area contributed by atoms with Gasteiger partial charge < -0.3 is 9.80 Å². The molecule has 0 aromatic carbocycles. The molecule has 0 N–H and O–H groups in total. The lowest BCUT2D eigenvalue weighted by atomic mass is 10.1. The van der Waals surface area contributed by atoms with Gasteiger partial charge in [0.15, 0.2) is 0 Å². The number of likely N-dealkylation sites (tertiary alicyclic amines) is 1. The van der Waals surface area contributed by atoms with E-state index in [0.717, 1.165) is 6.54 Å². The molecule has 1 heterocycles. The number of carbonyl (C=O) groups excluding carboxylic acids is 1. The van der Waals surface area contributed by atoms with Crippen molar-refractivity contribution < 1.29 is 4.79 Å². The van der Waals surface area contributed by atoms with Crippen LogP contribution in [0.1, 0.15) is 53.4 Å². The molecule has 0 bridgehead atoms. The Kier molecular flexibility index (Phi) is 5.96. The highest BCUT2D eigenvalue weighted by molar-refractivity contribution is 5.77. The Labute approximate surface area is 106 Å². The maximum Gasteiger partial charge on any atom is 0.224 e. The minimum absolute atomic E-state index is 0.306. The molecule has 17 heavy (non-hydrogen) atoms. The van der Waals surface area contributed by atoms with Crippen LogP contribution in [0.2, 0.25) is 0 Å². The van der Waals surface area contributed by atoms with Crippen molar-refractivity contribution in [2.45, 2.75) is 65.5 Å². The highest BCUT2D eigenvalue weighted by Gasteiger charge is 2.20. The molecule has 3 nitrogen and oxygen atoms in total. The molecule has 0 atom stereocenters. The van der Waals surface area contributed by atoms with Crippen molar-refractivity contribution in [2.24, 2.45) is 0 Å². The van der Waals surface area contributed by atoms with E-state index in [0.29, 0.717) is 24.4 Å². The largest absolute Gasteiger partial charge is 0.338 e. The number of piperidine rings is 1. The standard InChI is InChI=1S/C14H28N2O/c1-12(2)16(13(3)4)14(17)8-11-15-9-6-5-7-10-15/h12-13H,5-11H2,1-4H3. The molecule has 1 amide bonds. The predicted molar refractivity (Wildman–Crippen MR) is 72.0 cm³/mol. The molecule has 0 unspecified atom stereocenters. The monoisotopic (exact) mass is 240 g/mol. The molecule has 0 saturated carbocycles. The molecule has 1 aliphatic heterocycles. The van der Waals surface area contributed by atoms with Crippen LogP contribution in [0, 0.1) is 0 Å². The Morgan fingerprint density at radius 2 is 1.59 bits per heavy atom. The van der Waals surface area contributed by atoms with Gasteiger partial charge in [0, 0.05) is 25.0 Å². The van der Waals surface area contributed by atoms with E-state index in [1.165, 1.54) is 32.4 Å². The van der Waals surface area contributed by atoms with Gasteiger partial charge in [-0.05, 0) is 53.6 Å². The van der Waals surface area contributed by atoms with Gasteiger partial charge in [0.25, 0.3) is 0 Å². The third-order valence-electron chi connectivity index (χ3n) is 3.49. The molecule has 0 aliphatic carbocycles. The summed E-state index contributed by atoms with van der Waals surface area (Å²) in [6, 6.07) is 0.618. The van der Waals surface area contributed by atoms with Gasteiger partial charge in [-0.1, -0.05) is 6.42 Å². The van der Waals surface area contributed by atoms with E-state index in [2.05, 4.69) is 32.6 Å². The first kappa shape index (κ1) is 14.5. The maximum absolute atomic E-state index is 12.2. The van der Waals surface area contributed by atoms with E-state index in [4.69, 9.17) is 0 Å². The highest BCUT2D eigenvalue weighted by Crippen LogP contribution is 2.11.